The Hall–Kier alpha value is -3.36. The SMILES string of the molecule is C[C@H](NC(=O)Cn1cnc2ccccc2c1=O)c1ccc(OC(F)(F)F)cc1. The Labute approximate surface area is 157 Å². The van der Waals surface area contributed by atoms with Gasteiger partial charge in [-0.05, 0) is 36.8 Å². The molecule has 1 amide bonds. The van der Waals surface area contributed by atoms with Gasteiger partial charge in [0.05, 0.1) is 23.3 Å². The van der Waals surface area contributed by atoms with E-state index in [9.17, 15) is 22.8 Å². The lowest BCUT2D eigenvalue weighted by Crippen LogP contribution is -2.34. The lowest BCUT2D eigenvalue weighted by atomic mass is 10.1. The molecule has 0 fully saturated rings. The monoisotopic (exact) mass is 391 g/mol. The summed E-state index contributed by atoms with van der Waals surface area (Å²) in [5, 5.41) is 3.11. The van der Waals surface area contributed by atoms with E-state index < -0.39 is 18.3 Å². The number of amides is 1. The van der Waals surface area contributed by atoms with Crippen LogP contribution in [0.15, 0.2) is 59.7 Å². The highest BCUT2D eigenvalue weighted by Crippen LogP contribution is 2.24. The highest BCUT2D eigenvalue weighted by atomic mass is 19.4. The molecule has 1 aromatic heterocycles. The number of halogens is 3. The molecule has 0 bridgehead atoms. The van der Waals surface area contributed by atoms with E-state index in [4.69, 9.17) is 0 Å². The second-order valence-corrected chi connectivity index (χ2v) is 6.10. The fourth-order valence-corrected chi connectivity index (χ4v) is 2.70. The summed E-state index contributed by atoms with van der Waals surface area (Å²) in [5.74, 6) is -0.772. The van der Waals surface area contributed by atoms with Crippen LogP contribution in [0.2, 0.25) is 0 Å². The zero-order valence-electron chi connectivity index (χ0n) is 14.7. The van der Waals surface area contributed by atoms with E-state index in [0.717, 1.165) is 0 Å². The Bertz CT molecular complexity index is 1050. The summed E-state index contributed by atoms with van der Waals surface area (Å²) in [4.78, 5) is 28.8. The van der Waals surface area contributed by atoms with Crippen LogP contribution in [0.4, 0.5) is 13.2 Å². The van der Waals surface area contributed by atoms with Crippen LogP contribution >= 0.6 is 0 Å². The Morgan fingerprint density at radius 3 is 2.54 bits per heavy atom. The maximum absolute atomic E-state index is 12.4. The van der Waals surface area contributed by atoms with E-state index in [-0.39, 0.29) is 17.9 Å². The second-order valence-electron chi connectivity index (χ2n) is 6.10. The standard InChI is InChI=1S/C19H16F3N3O3/c1-12(13-6-8-14(9-7-13)28-19(20,21)22)24-17(26)10-25-11-23-16-5-3-2-4-15(16)18(25)27/h2-9,11-12H,10H2,1H3,(H,24,26)/t12-/m0/s1. The van der Waals surface area contributed by atoms with Crippen LogP contribution in [-0.4, -0.2) is 21.8 Å². The summed E-state index contributed by atoms with van der Waals surface area (Å²) >= 11 is 0. The number of nitrogens with zero attached hydrogens (tertiary/aromatic N) is 2. The summed E-state index contributed by atoms with van der Waals surface area (Å²) in [6, 6.07) is 11.5. The molecule has 146 valence electrons. The molecule has 3 aromatic rings. The molecule has 0 aliphatic rings. The minimum absolute atomic E-state index is 0.226. The van der Waals surface area contributed by atoms with Gasteiger partial charge < -0.3 is 10.1 Å². The van der Waals surface area contributed by atoms with Crippen molar-refractivity contribution in [1.82, 2.24) is 14.9 Å². The van der Waals surface area contributed by atoms with Gasteiger partial charge in [-0.2, -0.15) is 0 Å². The van der Waals surface area contributed by atoms with Gasteiger partial charge >= 0.3 is 6.36 Å². The van der Waals surface area contributed by atoms with E-state index in [1.165, 1.54) is 35.2 Å². The molecule has 0 saturated heterocycles. The quantitative estimate of drug-likeness (QED) is 0.725. The summed E-state index contributed by atoms with van der Waals surface area (Å²) in [6.45, 7) is 1.45. The minimum Gasteiger partial charge on any atom is -0.406 e. The molecule has 0 aliphatic carbocycles. The molecule has 9 heteroatoms. The lowest BCUT2D eigenvalue weighted by Gasteiger charge is -2.16. The Kier molecular flexibility index (Phi) is 5.34. The molecule has 1 atom stereocenters. The van der Waals surface area contributed by atoms with Gasteiger partial charge in [0.15, 0.2) is 0 Å². The molecular formula is C19H16F3N3O3. The van der Waals surface area contributed by atoms with Crippen LogP contribution in [-0.2, 0) is 11.3 Å². The van der Waals surface area contributed by atoms with E-state index in [1.807, 2.05) is 0 Å². The van der Waals surface area contributed by atoms with Gasteiger partial charge in [0.2, 0.25) is 5.91 Å². The fraction of sp³-hybridized carbons (Fsp3) is 0.211. The molecule has 0 unspecified atom stereocenters. The fourth-order valence-electron chi connectivity index (χ4n) is 2.70. The zero-order chi connectivity index (χ0) is 20.3. The summed E-state index contributed by atoms with van der Waals surface area (Å²) < 4.78 is 41.6. The molecule has 3 rings (SSSR count). The number of alkyl halides is 3. The third-order valence-electron chi connectivity index (χ3n) is 4.04. The average Bonchev–Trinajstić information content (AvgIpc) is 2.63. The molecule has 6 nitrogen and oxygen atoms in total. The van der Waals surface area contributed by atoms with Crippen molar-refractivity contribution in [1.29, 1.82) is 0 Å². The predicted octanol–water partition coefficient (Wildman–Crippen LogP) is 3.17. The van der Waals surface area contributed by atoms with E-state index in [0.29, 0.717) is 16.5 Å². The van der Waals surface area contributed by atoms with Gasteiger partial charge in [-0.25, -0.2) is 4.98 Å². The summed E-state index contributed by atoms with van der Waals surface area (Å²) in [6.07, 6.45) is -3.46. The minimum atomic E-state index is -4.76. The molecule has 1 heterocycles. The molecule has 28 heavy (non-hydrogen) atoms. The van der Waals surface area contributed by atoms with Crippen LogP contribution in [0.5, 0.6) is 5.75 Å². The number of nitrogens with one attached hydrogen (secondary N) is 1. The van der Waals surface area contributed by atoms with Crippen molar-refractivity contribution < 1.29 is 22.7 Å². The van der Waals surface area contributed by atoms with E-state index >= 15 is 0 Å². The number of carbonyl (C=O) groups is 1. The van der Waals surface area contributed by atoms with Gasteiger partial charge in [0, 0.05) is 0 Å². The third kappa shape index (κ3) is 4.67. The largest absolute Gasteiger partial charge is 0.573 e. The third-order valence-corrected chi connectivity index (χ3v) is 4.04. The molecular weight excluding hydrogens is 375 g/mol. The van der Waals surface area contributed by atoms with E-state index in [1.54, 1.807) is 31.2 Å². The molecule has 0 saturated carbocycles. The van der Waals surface area contributed by atoms with Crippen molar-refractivity contribution >= 4 is 16.8 Å². The number of aromatic nitrogens is 2. The van der Waals surface area contributed by atoms with Crippen molar-refractivity contribution in [3.63, 3.8) is 0 Å². The zero-order valence-corrected chi connectivity index (χ0v) is 14.7. The van der Waals surface area contributed by atoms with Gasteiger partial charge in [0.25, 0.3) is 5.56 Å². The van der Waals surface area contributed by atoms with Crippen molar-refractivity contribution in [3.8, 4) is 5.75 Å². The van der Waals surface area contributed by atoms with E-state index in [2.05, 4.69) is 15.0 Å². The number of para-hydroxylation sites is 1. The normalized spacial score (nSPS) is 12.6. The smallest absolute Gasteiger partial charge is 0.406 e. The van der Waals surface area contributed by atoms with Crippen molar-refractivity contribution in [2.24, 2.45) is 0 Å². The Balaban J connectivity index is 1.66. The second kappa shape index (κ2) is 7.71. The Morgan fingerprint density at radius 1 is 1.18 bits per heavy atom. The van der Waals surface area contributed by atoms with Crippen LogP contribution in [0.1, 0.15) is 18.5 Å². The number of hydrogen-bond donors (Lipinski definition) is 1. The van der Waals surface area contributed by atoms with Gasteiger partial charge in [0.1, 0.15) is 12.3 Å². The van der Waals surface area contributed by atoms with Crippen LogP contribution in [0.25, 0.3) is 10.9 Å². The summed E-state index contributed by atoms with van der Waals surface area (Å²) in [7, 11) is 0. The Morgan fingerprint density at radius 2 is 1.86 bits per heavy atom. The van der Waals surface area contributed by atoms with Gasteiger partial charge in [-0.3, -0.25) is 14.2 Å². The highest BCUT2D eigenvalue weighted by molar-refractivity contribution is 5.79. The average molecular weight is 391 g/mol. The van der Waals surface area contributed by atoms with Crippen LogP contribution in [0.3, 0.4) is 0 Å². The van der Waals surface area contributed by atoms with Crippen molar-refractivity contribution in [3.05, 3.63) is 70.8 Å². The number of benzene rings is 2. The molecule has 2 aromatic carbocycles. The maximum atomic E-state index is 12.4. The number of hydrogen-bond acceptors (Lipinski definition) is 4. The number of rotatable bonds is 5. The molecule has 1 N–H and O–H groups in total. The summed E-state index contributed by atoms with van der Waals surface area (Å²) in [5.41, 5.74) is 0.799. The van der Waals surface area contributed by atoms with Crippen LogP contribution < -0.4 is 15.6 Å². The van der Waals surface area contributed by atoms with Crippen molar-refractivity contribution in [2.75, 3.05) is 0 Å². The highest BCUT2D eigenvalue weighted by Gasteiger charge is 2.31. The first-order valence-electron chi connectivity index (χ1n) is 8.32. The van der Waals surface area contributed by atoms with Crippen LogP contribution in [0, 0.1) is 0 Å². The lowest BCUT2D eigenvalue weighted by molar-refractivity contribution is -0.274. The topological polar surface area (TPSA) is 73.2 Å². The predicted molar refractivity (Wildman–Crippen MR) is 95.7 cm³/mol. The first-order chi connectivity index (χ1) is 13.2. The first kappa shape index (κ1) is 19.4. The molecule has 0 spiro atoms. The maximum Gasteiger partial charge on any atom is 0.573 e. The molecule has 0 radical (unpaired) electrons. The molecule has 0 aliphatic heterocycles. The number of carbonyl (C=O) groups excluding carboxylic acids is 1. The number of fused-ring (bicyclic) bond motifs is 1. The van der Waals surface area contributed by atoms with Gasteiger partial charge in [-0.15, -0.1) is 13.2 Å². The first-order valence-corrected chi connectivity index (χ1v) is 8.32. The van der Waals surface area contributed by atoms with Gasteiger partial charge in [-0.1, -0.05) is 24.3 Å². The number of ether oxygens (including phenoxy) is 1. The van der Waals surface area contributed by atoms with Crippen molar-refractivity contribution in [2.45, 2.75) is 25.9 Å².